The Morgan fingerprint density at radius 1 is 1.02 bits per heavy atom. The molecular formula is C27H20F4NNaO7S2. The first-order valence-electron chi connectivity index (χ1n) is 11.9. The Hall–Kier alpha value is -3.01. The van der Waals surface area contributed by atoms with Gasteiger partial charge >= 0.3 is 41.2 Å². The van der Waals surface area contributed by atoms with Crippen LogP contribution in [0, 0.1) is 30.2 Å². The van der Waals surface area contributed by atoms with Gasteiger partial charge < -0.3 is 18.6 Å². The Kier molecular flexibility index (Phi) is 10.4. The maximum atomic E-state index is 14.2. The SMILES string of the molecule is CCN(CC)c1ccc2c(C)c(/C=C/c3ccc(C(=O)Oc4c(F)c(F)c(S(=O)(=O)[O-])c(F)c4F)s3)c(=O)oc2c1.[Na+]. The van der Waals surface area contributed by atoms with Gasteiger partial charge in [-0.2, -0.15) is 8.78 Å². The number of carbonyl (C=O) groups is 1. The van der Waals surface area contributed by atoms with Gasteiger partial charge in [0.15, 0.2) is 11.6 Å². The molecule has 0 aliphatic rings. The third kappa shape index (κ3) is 6.48. The summed E-state index contributed by atoms with van der Waals surface area (Å²) in [7, 11) is -5.92. The van der Waals surface area contributed by atoms with Gasteiger partial charge in [0.25, 0.3) is 0 Å². The van der Waals surface area contributed by atoms with Gasteiger partial charge in [-0.15, -0.1) is 11.3 Å². The van der Waals surface area contributed by atoms with E-state index in [0.717, 1.165) is 35.5 Å². The summed E-state index contributed by atoms with van der Waals surface area (Å²) in [5, 5.41) is 0.718. The quantitative estimate of drug-likeness (QED) is 0.0554. The van der Waals surface area contributed by atoms with Crippen LogP contribution >= 0.6 is 11.3 Å². The zero-order chi connectivity index (χ0) is 30.2. The third-order valence-electron chi connectivity index (χ3n) is 6.19. The number of halogens is 4. The fourth-order valence-corrected chi connectivity index (χ4v) is 5.50. The molecule has 0 atom stereocenters. The van der Waals surface area contributed by atoms with Crippen LogP contribution in [0.4, 0.5) is 23.2 Å². The van der Waals surface area contributed by atoms with Crippen LogP contribution in [0.5, 0.6) is 5.75 Å². The van der Waals surface area contributed by atoms with Gasteiger partial charge in [0.05, 0.1) is 5.56 Å². The molecule has 15 heteroatoms. The molecule has 4 aromatic rings. The van der Waals surface area contributed by atoms with Crippen LogP contribution in [-0.4, -0.2) is 32.0 Å². The van der Waals surface area contributed by atoms with Crippen LogP contribution in [0.3, 0.4) is 0 Å². The van der Waals surface area contributed by atoms with Crippen LogP contribution in [0.25, 0.3) is 23.1 Å². The Bertz CT molecular complexity index is 1850. The van der Waals surface area contributed by atoms with Gasteiger partial charge in [-0.1, -0.05) is 0 Å². The number of fused-ring (bicyclic) bond motifs is 1. The molecular weight excluding hydrogens is 613 g/mol. The van der Waals surface area contributed by atoms with Crippen molar-refractivity contribution in [2.45, 2.75) is 25.7 Å². The minimum Gasteiger partial charge on any atom is -0.744 e. The molecule has 0 aliphatic heterocycles. The summed E-state index contributed by atoms with van der Waals surface area (Å²) in [5.41, 5.74) is 1.62. The van der Waals surface area contributed by atoms with Gasteiger partial charge in [-0.3, -0.25) is 0 Å². The van der Waals surface area contributed by atoms with E-state index in [0.29, 0.717) is 16.0 Å². The zero-order valence-electron chi connectivity index (χ0n) is 22.6. The average Bonchev–Trinajstić information content (AvgIpc) is 3.39. The fraction of sp³-hybridized carbons (Fsp3) is 0.185. The van der Waals surface area contributed by atoms with E-state index < -0.39 is 55.6 Å². The summed E-state index contributed by atoms with van der Waals surface area (Å²) in [5.74, 6) is -13.1. The third-order valence-corrected chi connectivity index (χ3v) is 8.08. The van der Waals surface area contributed by atoms with Crippen molar-refractivity contribution in [2.24, 2.45) is 0 Å². The molecule has 0 unspecified atom stereocenters. The number of hydrogen-bond donors (Lipinski definition) is 0. The van der Waals surface area contributed by atoms with E-state index >= 15 is 0 Å². The molecule has 216 valence electrons. The van der Waals surface area contributed by atoms with Gasteiger partial charge in [0, 0.05) is 35.1 Å². The van der Waals surface area contributed by atoms with Gasteiger partial charge in [-0.25, -0.2) is 26.8 Å². The largest absolute Gasteiger partial charge is 1.00 e. The van der Waals surface area contributed by atoms with Crippen LogP contribution in [-0.2, 0) is 10.1 Å². The molecule has 0 N–H and O–H groups in total. The molecule has 2 aromatic carbocycles. The van der Waals surface area contributed by atoms with Gasteiger partial charge in [0.1, 0.15) is 25.5 Å². The first-order valence-corrected chi connectivity index (χ1v) is 14.1. The Balaban J connectivity index is 0.00000484. The molecule has 0 spiro atoms. The van der Waals surface area contributed by atoms with Crippen LogP contribution in [0.1, 0.15) is 39.5 Å². The number of aryl methyl sites for hydroxylation is 1. The van der Waals surface area contributed by atoms with Crippen molar-refractivity contribution >= 4 is 56.2 Å². The number of carbonyl (C=O) groups excluding carboxylic acids is 1. The zero-order valence-corrected chi connectivity index (χ0v) is 26.2. The molecule has 42 heavy (non-hydrogen) atoms. The molecule has 2 aromatic heterocycles. The minimum atomic E-state index is -5.92. The number of anilines is 1. The van der Waals surface area contributed by atoms with Gasteiger partial charge in [0.2, 0.25) is 17.4 Å². The Morgan fingerprint density at radius 3 is 2.21 bits per heavy atom. The summed E-state index contributed by atoms with van der Waals surface area (Å²) < 4.78 is 99.2. The Labute approximate surface area is 263 Å². The van der Waals surface area contributed by atoms with E-state index in [1.54, 1.807) is 13.0 Å². The predicted octanol–water partition coefficient (Wildman–Crippen LogP) is 2.86. The number of thiophene rings is 1. The second-order valence-electron chi connectivity index (χ2n) is 8.57. The summed E-state index contributed by atoms with van der Waals surface area (Å²) in [6, 6.07) is 8.16. The van der Waals surface area contributed by atoms with E-state index in [2.05, 4.69) is 9.64 Å². The molecule has 0 bridgehead atoms. The van der Waals surface area contributed by atoms with Crippen LogP contribution in [0.2, 0.25) is 0 Å². The normalized spacial score (nSPS) is 11.6. The molecule has 8 nitrogen and oxygen atoms in total. The summed E-state index contributed by atoms with van der Waals surface area (Å²) in [6.07, 6.45) is 2.94. The van der Waals surface area contributed by atoms with Crippen molar-refractivity contribution in [3.8, 4) is 5.75 Å². The maximum absolute atomic E-state index is 14.2. The fourth-order valence-electron chi connectivity index (χ4n) is 4.10. The second kappa shape index (κ2) is 13.1. The van der Waals surface area contributed by atoms with Crippen LogP contribution in [0.15, 0.2) is 44.4 Å². The molecule has 0 amide bonds. The summed E-state index contributed by atoms with van der Waals surface area (Å²) >= 11 is 0.755. The molecule has 0 saturated heterocycles. The van der Waals surface area contributed by atoms with Crippen LogP contribution < -0.4 is 44.8 Å². The van der Waals surface area contributed by atoms with E-state index in [-0.39, 0.29) is 40.0 Å². The first kappa shape index (κ1) is 33.5. The van der Waals surface area contributed by atoms with E-state index in [4.69, 9.17) is 4.42 Å². The minimum absolute atomic E-state index is 0. The predicted molar refractivity (Wildman–Crippen MR) is 143 cm³/mol. The smallest absolute Gasteiger partial charge is 0.744 e. The number of benzene rings is 2. The van der Waals surface area contributed by atoms with Crippen molar-refractivity contribution in [2.75, 3.05) is 18.0 Å². The number of nitrogens with zero attached hydrogens (tertiary/aromatic N) is 1. The van der Waals surface area contributed by atoms with E-state index in [1.165, 1.54) is 24.3 Å². The van der Waals surface area contributed by atoms with Crippen molar-refractivity contribution in [1.82, 2.24) is 0 Å². The summed E-state index contributed by atoms with van der Waals surface area (Å²) in [6.45, 7) is 7.32. The van der Waals surface area contributed by atoms with Crippen molar-refractivity contribution in [3.63, 3.8) is 0 Å². The molecule has 4 rings (SSSR count). The van der Waals surface area contributed by atoms with E-state index in [1.807, 2.05) is 26.0 Å². The maximum Gasteiger partial charge on any atom is 1.00 e. The van der Waals surface area contributed by atoms with Crippen molar-refractivity contribution in [1.29, 1.82) is 0 Å². The van der Waals surface area contributed by atoms with Gasteiger partial charge in [-0.05, 0) is 62.8 Å². The molecule has 0 aliphatic carbocycles. The first-order chi connectivity index (χ1) is 19.3. The number of esters is 1. The van der Waals surface area contributed by atoms with Crippen molar-refractivity contribution < 1.29 is 74.0 Å². The molecule has 0 fully saturated rings. The van der Waals surface area contributed by atoms with Crippen molar-refractivity contribution in [3.05, 3.63) is 84.9 Å². The van der Waals surface area contributed by atoms with E-state index in [9.17, 15) is 40.1 Å². The number of hydrogen-bond acceptors (Lipinski definition) is 9. The number of rotatable bonds is 8. The standard InChI is InChI=1S/C27H21F4NO7S2.Na/c1-4-32(5-2)14-6-9-16-13(3)17(26(33)38-18(16)12-14)10-7-15-8-11-19(40-15)27(34)39-24-20(28)22(30)25(41(35,36)37)23(31)21(24)29;/h6-12H,4-5H2,1-3H3,(H,35,36,37);/q;+1/p-1/b10-7+;. The number of ether oxygens (including phenoxy) is 1. The molecule has 0 saturated carbocycles. The average molecular weight is 634 g/mol. The molecule has 0 radical (unpaired) electrons. The topological polar surface area (TPSA) is 117 Å². The molecule has 2 heterocycles. The Morgan fingerprint density at radius 2 is 1.64 bits per heavy atom. The summed E-state index contributed by atoms with van der Waals surface area (Å²) in [4.78, 5) is 25.0. The monoisotopic (exact) mass is 633 g/mol. The second-order valence-corrected chi connectivity index (χ2v) is 11.0.